The SMILES string of the molecule is CC[C@H](C)c1ccc(S(=O)(=O)N2CCN(C(=O)C[NH+]3CCOCC3)CC2)cc1. The van der Waals surface area contributed by atoms with Crippen LogP contribution in [-0.4, -0.2) is 82.6 Å². The van der Waals surface area contributed by atoms with Gasteiger partial charge in [-0.1, -0.05) is 26.0 Å². The van der Waals surface area contributed by atoms with Crippen molar-refractivity contribution in [3.63, 3.8) is 0 Å². The van der Waals surface area contributed by atoms with Gasteiger partial charge in [-0.3, -0.25) is 4.79 Å². The van der Waals surface area contributed by atoms with Gasteiger partial charge in [0.2, 0.25) is 10.0 Å². The molecule has 0 saturated carbocycles. The van der Waals surface area contributed by atoms with Crippen molar-refractivity contribution < 1.29 is 22.8 Å². The van der Waals surface area contributed by atoms with Crippen LogP contribution in [0.1, 0.15) is 31.7 Å². The van der Waals surface area contributed by atoms with E-state index in [1.54, 1.807) is 17.0 Å². The van der Waals surface area contributed by atoms with Gasteiger partial charge in [0.25, 0.3) is 5.91 Å². The zero-order chi connectivity index (χ0) is 20.1. The zero-order valence-electron chi connectivity index (χ0n) is 16.9. The highest BCUT2D eigenvalue weighted by Gasteiger charge is 2.31. The van der Waals surface area contributed by atoms with Crippen molar-refractivity contribution >= 4 is 15.9 Å². The number of piperazine rings is 1. The maximum absolute atomic E-state index is 12.9. The summed E-state index contributed by atoms with van der Waals surface area (Å²) in [5.74, 6) is 0.520. The van der Waals surface area contributed by atoms with E-state index in [1.165, 1.54) is 9.21 Å². The molecule has 2 fully saturated rings. The Kier molecular flexibility index (Phi) is 7.09. The Labute approximate surface area is 168 Å². The highest BCUT2D eigenvalue weighted by atomic mass is 32.2. The average molecular weight is 411 g/mol. The lowest BCUT2D eigenvalue weighted by atomic mass is 9.99. The standard InChI is InChI=1S/C20H31N3O4S/c1-3-17(2)18-4-6-19(7-5-18)28(25,26)23-10-8-22(9-11-23)20(24)16-21-12-14-27-15-13-21/h4-7,17H,3,8-16H2,1-2H3/p+1/t17-/m0/s1. The molecule has 2 heterocycles. The van der Waals surface area contributed by atoms with Crippen LogP contribution in [0.2, 0.25) is 0 Å². The number of nitrogens with one attached hydrogen (secondary N) is 1. The molecule has 1 N–H and O–H groups in total. The Hall–Kier alpha value is -1.48. The maximum atomic E-state index is 12.9. The number of ether oxygens (including phenoxy) is 1. The first-order chi connectivity index (χ1) is 13.4. The fraction of sp³-hybridized carbons (Fsp3) is 0.650. The molecule has 0 aliphatic carbocycles. The lowest BCUT2D eigenvalue weighted by molar-refractivity contribution is -0.900. The molecule has 0 spiro atoms. The fourth-order valence-electron chi connectivity index (χ4n) is 3.69. The first-order valence-electron chi connectivity index (χ1n) is 10.2. The van der Waals surface area contributed by atoms with Crippen molar-refractivity contribution in [1.82, 2.24) is 9.21 Å². The van der Waals surface area contributed by atoms with E-state index in [0.29, 0.717) is 56.8 Å². The van der Waals surface area contributed by atoms with Crippen LogP contribution in [-0.2, 0) is 19.6 Å². The van der Waals surface area contributed by atoms with E-state index >= 15 is 0 Å². The molecule has 0 radical (unpaired) electrons. The highest BCUT2D eigenvalue weighted by molar-refractivity contribution is 7.89. The number of morpholine rings is 1. The first kappa shape index (κ1) is 21.2. The van der Waals surface area contributed by atoms with Gasteiger partial charge in [0.05, 0.1) is 18.1 Å². The van der Waals surface area contributed by atoms with E-state index < -0.39 is 10.0 Å². The molecule has 2 aliphatic heterocycles. The number of benzene rings is 1. The summed E-state index contributed by atoms with van der Waals surface area (Å²) in [6, 6.07) is 7.23. The number of sulfonamides is 1. The minimum atomic E-state index is -3.51. The molecule has 1 amide bonds. The van der Waals surface area contributed by atoms with E-state index in [9.17, 15) is 13.2 Å². The second-order valence-corrected chi connectivity index (χ2v) is 9.64. The van der Waals surface area contributed by atoms with E-state index in [0.717, 1.165) is 25.1 Å². The summed E-state index contributed by atoms with van der Waals surface area (Å²) in [5.41, 5.74) is 1.16. The third-order valence-corrected chi connectivity index (χ3v) is 7.80. The second-order valence-electron chi connectivity index (χ2n) is 7.70. The van der Waals surface area contributed by atoms with Crippen molar-refractivity contribution in [3.8, 4) is 0 Å². The Morgan fingerprint density at radius 2 is 1.71 bits per heavy atom. The van der Waals surface area contributed by atoms with E-state index in [4.69, 9.17) is 4.74 Å². The predicted molar refractivity (Wildman–Crippen MR) is 107 cm³/mol. The number of amides is 1. The zero-order valence-corrected chi connectivity index (χ0v) is 17.7. The van der Waals surface area contributed by atoms with Gasteiger partial charge in [0.15, 0.2) is 6.54 Å². The number of carbonyl (C=O) groups excluding carboxylic acids is 1. The molecule has 3 rings (SSSR count). The molecule has 2 saturated heterocycles. The highest BCUT2D eigenvalue weighted by Crippen LogP contribution is 2.23. The van der Waals surface area contributed by atoms with Crippen molar-refractivity contribution in [2.75, 3.05) is 59.0 Å². The molecule has 1 aromatic carbocycles. The topological polar surface area (TPSA) is 71.4 Å². The molecule has 1 atom stereocenters. The molecular formula is C20H32N3O4S+. The second kappa shape index (κ2) is 9.35. The molecule has 7 nitrogen and oxygen atoms in total. The van der Waals surface area contributed by atoms with E-state index in [1.807, 2.05) is 12.1 Å². The monoisotopic (exact) mass is 410 g/mol. The Bertz CT molecular complexity index is 752. The minimum Gasteiger partial charge on any atom is -0.370 e. The maximum Gasteiger partial charge on any atom is 0.277 e. The molecule has 0 bridgehead atoms. The number of hydrogen-bond acceptors (Lipinski definition) is 4. The molecule has 156 valence electrons. The van der Waals surface area contributed by atoms with Crippen LogP contribution in [0.4, 0.5) is 0 Å². The quantitative estimate of drug-likeness (QED) is 0.714. The minimum absolute atomic E-state index is 0.104. The van der Waals surface area contributed by atoms with Gasteiger partial charge in [-0.2, -0.15) is 4.31 Å². The van der Waals surface area contributed by atoms with Crippen LogP contribution < -0.4 is 4.90 Å². The summed E-state index contributed by atoms with van der Waals surface area (Å²) in [4.78, 5) is 15.9. The van der Waals surface area contributed by atoms with E-state index in [2.05, 4.69) is 13.8 Å². The summed E-state index contributed by atoms with van der Waals surface area (Å²) >= 11 is 0. The van der Waals surface area contributed by atoms with Crippen molar-refractivity contribution in [2.24, 2.45) is 0 Å². The van der Waals surface area contributed by atoms with E-state index in [-0.39, 0.29) is 5.91 Å². The van der Waals surface area contributed by atoms with Gasteiger partial charge >= 0.3 is 0 Å². The molecule has 2 aliphatic rings. The van der Waals surface area contributed by atoms with Crippen LogP contribution in [0, 0.1) is 0 Å². The third kappa shape index (κ3) is 4.92. The van der Waals surface area contributed by atoms with Gasteiger partial charge in [-0.15, -0.1) is 0 Å². The fourth-order valence-corrected chi connectivity index (χ4v) is 5.12. The Morgan fingerprint density at radius 1 is 1.11 bits per heavy atom. The van der Waals surface area contributed by atoms with Crippen LogP contribution in [0.15, 0.2) is 29.2 Å². The number of nitrogens with zero attached hydrogens (tertiary/aromatic N) is 2. The molecular weight excluding hydrogens is 378 g/mol. The first-order valence-corrected chi connectivity index (χ1v) is 11.6. The van der Waals surface area contributed by atoms with Crippen LogP contribution in [0.5, 0.6) is 0 Å². The summed E-state index contributed by atoms with van der Waals surface area (Å²) in [6.45, 7) is 9.43. The van der Waals surface area contributed by atoms with Crippen LogP contribution in [0.3, 0.4) is 0 Å². The van der Waals surface area contributed by atoms with Gasteiger partial charge < -0.3 is 14.5 Å². The largest absolute Gasteiger partial charge is 0.370 e. The van der Waals surface area contributed by atoms with Crippen molar-refractivity contribution in [1.29, 1.82) is 0 Å². The normalized spacial score (nSPS) is 20.9. The molecule has 8 heteroatoms. The molecule has 1 aromatic rings. The Morgan fingerprint density at radius 3 is 2.29 bits per heavy atom. The van der Waals surface area contributed by atoms with Gasteiger partial charge in [0.1, 0.15) is 13.1 Å². The summed E-state index contributed by atoms with van der Waals surface area (Å²) in [7, 11) is -3.51. The summed E-state index contributed by atoms with van der Waals surface area (Å²) < 4.78 is 32.7. The van der Waals surface area contributed by atoms with Gasteiger partial charge in [-0.25, -0.2) is 8.42 Å². The third-order valence-electron chi connectivity index (χ3n) is 5.89. The van der Waals surface area contributed by atoms with Gasteiger partial charge in [0, 0.05) is 26.2 Å². The number of carbonyl (C=O) groups is 1. The smallest absolute Gasteiger partial charge is 0.277 e. The number of hydrogen-bond donors (Lipinski definition) is 1. The lowest BCUT2D eigenvalue weighted by Crippen LogP contribution is -3.15. The molecule has 0 aromatic heterocycles. The summed E-state index contributed by atoms with van der Waals surface area (Å²) in [5, 5.41) is 0. The van der Waals surface area contributed by atoms with Crippen molar-refractivity contribution in [2.45, 2.75) is 31.1 Å². The van der Waals surface area contributed by atoms with Crippen LogP contribution >= 0.6 is 0 Å². The molecule has 28 heavy (non-hydrogen) atoms. The summed E-state index contributed by atoms with van der Waals surface area (Å²) in [6.07, 6.45) is 1.02. The van der Waals surface area contributed by atoms with Crippen molar-refractivity contribution in [3.05, 3.63) is 29.8 Å². The van der Waals surface area contributed by atoms with Crippen LogP contribution in [0.25, 0.3) is 0 Å². The molecule has 0 unspecified atom stereocenters. The lowest BCUT2D eigenvalue weighted by Gasteiger charge is -2.34. The van der Waals surface area contributed by atoms with Gasteiger partial charge in [-0.05, 0) is 30.0 Å². The number of quaternary nitrogens is 1. The Balaban J connectivity index is 1.56. The average Bonchev–Trinajstić information content (AvgIpc) is 2.74. The number of rotatable bonds is 6. The predicted octanol–water partition coefficient (Wildman–Crippen LogP) is -0.0519.